The van der Waals surface area contributed by atoms with Crippen molar-refractivity contribution in [1.29, 1.82) is 0 Å². The molecular weight excluding hydrogens is 336 g/mol. The summed E-state index contributed by atoms with van der Waals surface area (Å²) in [6.07, 6.45) is 0.803. The van der Waals surface area contributed by atoms with Gasteiger partial charge in [-0.25, -0.2) is 9.78 Å². The Morgan fingerprint density at radius 2 is 1.92 bits per heavy atom. The minimum Gasteiger partial charge on any atom is -0.462 e. The van der Waals surface area contributed by atoms with E-state index < -0.39 is 0 Å². The Labute approximate surface area is 149 Å². The summed E-state index contributed by atoms with van der Waals surface area (Å²) in [5.74, 6) is 0.340. The maximum absolute atomic E-state index is 12.1. The molecule has 0 atom stereocenters. The van der Waals surface area contributed by atoms with Crippen molar-refractivity contribution in [3.05, 3.63) is 70.0 Å². The summed E-state index contributed by atoms with van der Waals surface area (Å²) in [4.78, 5) is 31.1. The van der Waals surface area contributed by atoms with E-state index in [1.165, 1.54) is 11.8 Å². The molecule has 0 aliphatic carbocycles. The number of hydrogen-bond donors (Lipinski definition) is 1. The Morgan fingerprint density at radius 1 is 1.16 bits per heavy atom. The smallest absolute Gasteiger partial charge is 0.338 e. The molecule has 0 bridgehead atoms. The van der Waals surface area contributed by atoms with Crippen molar-refractivity contribution in [3.8, 4) is 0 Å². The SMILES string of the molecule is CCCOC(=O)c1ccc(CSc2nc3ccccc3c(=O)[nH]2)cc1. The molecule has 5 nitrogen and oxygen atoms in total. The Hall–Kier alpha value is -2.60. The molecule has 0 radical (unpaired) electrons. The molecule has 25 heavy (non-hydrogen) atoms. The number of H-pyrrole nitrogens is 1. The van der Waals surface area contributed by atoms with Crippen LogP contribution in [0.3, 0.4) is 0 Å². The first-order chi connectivity index (χ1) is 12.2. The van der Waals surface area contributed by atoms with Crippen LogP contribution in [0.15, 0.2) is 58.5 Å². The van der Waals surface area contributed by atoms with Crippen LogP contribution in [0.5, 0.6) is 0 Å². The number of thioether (sulfide) groups is 1. The first kappa shape index (κ1) is 17.2. The van der Waals surface area contributed by atoms with Crippen molar-refractivity contribution < 1.29 is 9.53 Å². The van der Waals surface area contributed by atoms with Crippen LogP contribution in [0.4, 0.5) is 0 Å². The van der Waals surface area contributed by atoms with Gasteiger partial charge in [0.05, 0.1) is 23.1 Å². The molecule has 128 valence electrons. The third-order valence-corrected chi connectivity index (χ3v) is 4.54. The van der Waals surface area contributed by atoms with E-state index in [2.05, 4.69) is 9.97 Å². The van der Waals surface area contributed by atoms with Crippen molar-refractivity contribution >= 4 is 28.6 Å². The molecule has 2 aromatic carbocycles. The first-order valence-electron chi connectivity index (χ1n) is 8.05. The zero-order valence-corrected chi connectivity index (χ0v) is 14.6. The van der Waals surface area contributed by atoms with Gasteiger partial charge in [0.2, 0.25) is 0 Å². The molecule has 1 N–H and O–H groups in total. The number of para-hydroxylation sites is 1. The first-order valence-corrected chi connectivity index (χ1v) is 9.04. The predicted octanol–water partition coefficient (Wildman–Crippen LogP) is 3.78. The number of hydrogen-bond acceptors (Lipinski definition) is 5. The molecule has 0 unspecified atom stereocenters. The minimum absolute atomic E-state index is 0.137. The molecule has 0 fully saturated rings. The van der Waals surface area contributed by atoms with Gasteiger partial charge < -0.3 is 9.72 Å². The van der Waals surface area contributed by atoms with Crippen molar-refractivity contribution in [2.45, 2.75) is 24.3 Å². The van der Waals surface area contributed by atoms with E-state index in [9.17, 15) is 9.59 Å². The quantitative estimate of drug-likeness (QED) is 0.414. The summed E-state index contributed by atoms with van der Waals surface area (Å²) in [6.45, 7) is 2.39. The second-order valence-corrected chi connectivity index (χ2v) is 6.47. The van der Waals surface area contributed by atoms with E-state index in [4.69, 9.17) is 4.74 Å². The number of carbonyl (C=O) groups excluding carboxylic acids is 1. The van der Waals surface area contributed by atoms with Gasteiger partial charge in [0.25, 0.3) is 5.56 Å². The number of rotatable bonds is 6. The summed E-state index contributed by atoms with van der Waals surface area (Å²) in [6, 6.07) is 14.5. The van der Waals surface area contributed by atoms with E-state index in [1.54, 1.807) is 18.2 Å². The summed E-state index contributed by atoms with van der Waals surface area (Å²) in [7, 11) is 0. The molecular formula is C19H18N2O3S. The lowest BCUT2D eigenvalue weighted by Gasteiger charge is -2.05. The summed E-state index contributed by atoms with van der Waals surface area (Å²) < 4.78 is 5.11. The van der Waals surface area contributed by atoms with Gasteiger partial charge >= 0.3 is 5.97 Å². The number of nitrogens with zero attached hydrogens (tertiary/aromatic N) is 1. The second kappa shape index (κ2) is 7.98. The average Bonchev–Trinajstić information content (AvgIpc) is 2.65. The summed E-state index contributed by atoms with van der Waals surface area (Å²) in [5.41, 5.74) is 2.12. The fraction of sp³-hybridized carbons (Fsp3) is 0.211. The maximum Gasteiger partial charge on any atom is 0.338 e. The van der Waals surface area contributed by atoms with Crippen molar-refractivity contribution in [3.63, 3.8) is 0 Å². The number of carbonyl (C=O) groups is 1. The molecule has 1 aromatic heterocycles. The largest absolute Gasteiger partial charge is 0.462 e. The molecule has 0 spiro atoms. The lowest BCUT2D eigenvalue weighted by Crippen LogP contribution is -2.09. The van der Waals surface area contributed by atoms with E-state index in [1.807, 2.05) is 37.3 Å². The zero-order chi connectivity index (χ0) is 17.6. The summed E-state index contributed by atoms with van der Waals surface area (Å²) >= 11 is 1.45. The predicted molar refractivity (Wildman–Crippen MR) is 98.9 cm³/mol. The maximum atomic E-state index is 12.1. The van der Waals surface area contributed by atoms with E-state index in [0.29, 0.717) is 34.0 Å². The van der Waals surface area contributed by atoms with Crippen molar-refractivity contribution in [2.24, 2.45) is 0 Å². The molecule has 1 heterocycles. The number of fused-ring (bicyclic) bond motifs is 1. The van der Waals surface area contributed by atoms with Gasteiger partial charge in [0.1, 0.15) is 0 Å². The fourth-order valence-corrected chi connectivity index (χ4v) is 3.12. The third-order valence-electron chi connectivity index (χ3n) is 3.59. The monoisotopic (exact) mass is 354 g/mol. The van der Waals surface area contributed by atoms with Crippen LogP contribution in [-0.4, -0.2) is 22.5 Å². The van der Waals surface area contributed by atoms with Crippen LogP contribution < -0.4 is 5.56 Å². The van der Waals surface area contributed by atoms with Crippen LogP contribution in [-0.2, 0) is 10.5 Å². The van der Waals surface area contributed by atoms with Gasteiger partial charge in [-0.1, -0.05) is 43.0 Å². The highest BCUT2D eigenvalue weighted by Gasteiger charge is 2.07. The van der Waals surface area contributed by atoms with Gasteiger partial charge in [0.15, 0.2) is 5.16 Å². The molecule has 3 aromatic rings. The van der Waals surface area contributed by atoms with E-state index in [-0.39, 0.29) is 11.5 Å². The minimum atomic E-state index is -0.304. The Balaban J connectivity index is 1.67. The van der Waals surface area contributed by atoms with Gasteiger partial charge in [-0.3, -0.25) is 4.79 Å². The molecule has 6 heteroatoms. The van der Waals surface area contributed by atoms with E-state index in [0.717, 1.165) is 12.0 Å². The van der Waals surface area contributed by atoms with E-state index >= 15 is 0 Å². The molecule has 3 rings (SSSR count). The Bertz CT molecular complexity index is 935. The molecule has 0 saturated carbocycles. The van der Waals surface area contributed by atoms with Gasteiger partial charge in [-0.2, -0.15) is 0 Å². The number of aromatic nitrogens is 2. The van der Waals surface area contributed by atoms with Crippen LogP contribution in [0.2, 0.25) is 0 Å². The second-order valence-electron chi connectivity index (χ2n) is 5.51. The standard InChI is InChI=1S/C19H18N2O3S/c1-2-11-24-18(23)14-9-7-13(8-10-14)12-25-19-20-16-6-4-3-5-15(16)17(22)21-19/h3-10H,2,11-12H2,1H3,(H,20,21,22). The normalized spacial score (nSPS) is 10.8. The lowest BCUT2D eigenvalue weighted by molar-refractivity contribution is 0.0505. The lowest BCUT2D eigenvalue weighted by atomic mass is 10.1. The number of ether oxygens (including phenoxy) is 1. The highest BCUT2D eigenvalue weighted by molar-refractivity contribution is 7.98. The van der Waals surface area contributed by atoms with Crippen LogP contribution in [0.25, 0.3) is 10.9 Å². The van der Waals surface area contributed by atoms with Crippen molar-refractivity contribution in [2.75, 3.05) is 6.61 Å². The molecule has 0 aliphatic heterocycles. The molecule has 0 aliphatic rings. The van der Waals surface area contributed by atoms with Crippen LogP contribution in [0.1, 0.15) is 29.3 Å². The highest BCUT2D eigenvalue weighted by Crippen LogP contribution is 2.20. The van der Waals surface area contributed by atoms with Gasteiger partial charge in [0, 0.05) is 5.75 Å². The zero-order valence-electron chi connectivity index (χ0n) is 13.8. The number of esters is 1. The highest BCUT2D eigenvalue weighted by atomic mass is 32.2. The van der Waals surface area contributed by atoms with Gasteiger partial charge in [-0.15, -0.1) is 0 Å². The number of nitrogens with one attached hydrogen (secondary N) is 1. The van der Waals surface area contributed by atoms with Crippen molar-refractivity contribution in [1.82, 2.24) is 9.97 Å². The summed E-state index contributed by atoms with van der Waals surface area (Å²) in [5, 5.41) is 1.16. The fourth-order valence-electron chi connectivity index (χ4n) is 2.30. The van der Waals surface area contributed by atoms with Crippen LogP contribution >= 0.6 is 11.8 Å². The average molecular weight is 354 g/mol. The Morgan fingerprint density at radius 3 is 2.68 bits per heavy atom. The van der Waals surface area contributed by atoms with Crippen LogP contribution in [0, 0.1) is 0 Å². The Kier molecular flexibility index (Phi) is 5.50. The third kappa shape index (κ3) is 4.28. The number of benzene rings is 2. The topological polar surface area (TPSA) is 72.0 Å². The van der Waals surface area contributed by atoms with Gasteiger partial charge in [-0.05, 0) is 36.2 Å². The molecule has 0 amide bonds. The number of aromatic amines is 1. The molecule has 0 saturated heterocycles.